The second kappa shape index (κ2) is 11.0. The van der Waals surface area contributed by atoms with Gasteiger partial charge in [0.05, 0.1) is 17.4 Å². The van der Waals surface area contributed by atoms with E-state index in [0.29, 0.717) is 17.5 Å². The second-order valence-corrected chi connectivity index (χ2v) is 14.9. The number of hydrogen-bond acceptors (Lipinski definition) is 8. The first-order valence-electron chi connectivity index (χ1n) is 12.4. The number of halogens is 3. The standard InChI is InChI=1S/C28H19I3O9S/c29-13-8-18(23(31)19(30)9-13)26(32)39-24-16-11-17-22(28(34)40-25(17)24)21(16)27(33)38-14-6-7-20(41(35,36)37)15(10-14)12-4-2-1-3-5-12/h1-10,16-17,21-22,24-25H,11H2,(H,35,36,37). The van der Waals surface area contributed by atoms with E-state index in [1.807, 2.05) is 6.07 Å². The van der Waals surface area contributed by atoms with Crippen LogP contribution in [0.3, 0.4) is 0 Å². The normalized spacial score (nSPS) is 26.1. The molecule has 6 atom stereocenters. The molecule has 0 radical (unpaired) electrons. The van der Waals surface area contributed by atoms with Crippen molar-refractivity contribution < 1.29 is 41.6 Å². The Morgan fingerprint density at radius 1 is 0.976 bits per heavy atom. The molecular formula is C28H19I3O9S. The van der Waals surface area contributed by atoms with Crippen molar-refractivity contribution in [2.24, 2.45) is 23.7 Å². The lowest BCUT2D eigenvalue weighted by Crippen LogP contribution is -2.44. The summed E-state index contributed by atoms with van der Waals surface area (Å²) in [5.41, 5.74) is 1.05. The van der Waals surface area contributed by atoms with E-state index < -0.39 is 58.0 Å². The molecule has 2 aliphatic carbocycles. The van der Waals surface area contributed by atoms with Gasteiger partial charge < -0.3 is 14.2 Å². The van der Waals surface area contributed by atoms with Crippen LogP contribution in [-0.4, -0.2) is 43.1 Å². The third-order valence-corrected chi connectivity index (χ3v) is 12.4. The second-order valence-electron chi connectivity index (χ2n) is 10.1. The number of esters is 3. The summed E-state index contributed by atoms with van der Waals surface area (Å²) in [5, 5.41) is 0. The van der Waals surface area contributed by atoms with Crippen LogP contribution in [0.25, 0.3) is 11.1 Å². The summed E-state index contributed by atoms with van der Waals surface area (Å²) in [4.78, 5) is 39.3. The van der Waals surface area contributed by atoms with Crippen molar-refractivity contribution in [1.82, 2.24) is 0 Å². The molecule has 2 bridgehead atoms. The van der Waals surface area contributed by atoms with Crippen LogP contribution >= 0.6 is 67.8 Å². The molecule has 0 amide bonds. The highest BCUT2D eigenvalue weighted by Gasteiger charge is 2.70. The first-order valence-corrected chi connectivity index (χ1v) is 17.1. The third-order valence-electron chi connectivity index (χ3n) is 7.81. The van der Waals surface area contributed by atoms with Gasteiger partial charge in [-0.2, -0.15) is 8.42 Å². The summed E-state index contributed by atoms with van der Waals surface area (Å²) in [6.07, 6.45) is -0.957. The van der Waals surface area contributed by atoms with Gasteiger partial charge in [0.15, 0.2) is 0 Å². The highest BCUT2D eigenvalue weighted by atomic mass is 127. The van der Waals surface area contributed by atoms with Crippen molar-refractivity contribution in [1.29, 1.82) is 0 Å². The van der Waals surface area contributed by atoms with Crippen molar-refractivity contribution in [3.63, 3.8) is 0 Å². The molecule has 1 N–H and O–H groups in total. The summed E-state index contributed by atoms with van der Waals surface area (Å²) in [6.45, 7) is 0. The Labute approximate surface area is 275 Å². The molecule has 41 heavy (non-hydrogen) atoms. The minimum atomic E-state index is -4.57. The zero-order valence-electron chi connectivity index (χ0n) is 20.7. The van der Waals surface area contributed by atoms with Crippen molar-refractivity contribution in [3.05, 3.63) is 76.9 Å². The fourth-order valence-corrected chi connectivity index (χ4v) is 9.26. The molecule has 3 aliphatic rings. The minimum absolute atomic E-state index is 0.0449. The molecule has 3 aromatic carbocycles. The largest absolute Gasteiger partial charge is 0.458 e. The van der Waals surface area contributed by atoms with Crippen LogP contribution in [0.2, 0.25) is 0 Å². The number of ether oxygens (including phenoxy) is 3. The first kappa shape index (κ1) is 29.3. The molecule has 2 saturated carbocycles. The van der Waals surface area contributed by atoms with Crippen LogP contribution in [0.15, 0.2) is 65.6 Å². The summed E-state index contributed by atoms with van der Waals surface area (Å²) in [6, 6.07) is 16.0. The highest BCUT2D eigenvalue weighted by molar-refractivity contribution is 14.1. The predicted molar refractivity (Wildman–Crippen MR) is 170 cm³/mol. The summed E-state index contributed by atoms with van der Waals surface area (Å²) in [7, 11) is -4.57. The van der Waals surface area contributed by atoms with Gasteiger partial charge in [-0.25, -0.2) is 4.79 Å². The third kappa shape index (κ3) is 5.29. The Morgan fingerprint density at radius 3 is 2.41 bits per heavy atom. The Balaban J connectivity index is 1.28. The fourth-order valence-electron chi connectivity index (χ4n) is 6.19. The summed E-state index contributed by atoms with van der Waals surface area (Å²) in [5.74, 6) is -4.10. The lowest BCUT2D eigenvalue weighted by atomic mass is 9.78. The minimum Gasteiger partial charge on any atom is -0.458 e. The quantitative estimate of drug-likeness (QED) is 0.114. The van der Waals surface area contributed by atoms with Gasteiger partial charge in [-0.05, 0) is 110 Å². The van der Waals surface area contributed by atoms with Crippen LogP contribution in [0, 0.1) is 34.4 Å². The molecule has 9 nitrogen and oxygen atoms in total. The van der Waals surface area contributed by atoms with Gasteiger partial charge >= 0.3 is 17.9 Å². The van der Waals surface area contributed by atoms with Crippen molar-refractivity contribution >= 4 is 95.8 Å². The highest BCUT2D eigenvalue weighted by Crippen LogP contribution is 2.59. The zero-order chi connectivity index (χ0) is 29.2. The van der Waals surface area contributed by atoms with E-state index in [-0.39, 0.29) is 22.1 Å². The maximum absolute atomic E-state index is 13.6. The van der Waals surface area contributed by atoms with Crippen LogP contribution < -0.4 is 4.74 Å². The lowest BCUT2D eigenvalue weighted by molar-refractivity contribution is -0.149. The smallest absolute Gasteiger partial charge is 0.339 e. The van der Waals surface area contributed by atoms with Gasteiger partial charge in [-0.15, -0.1) is 0 Å². The SMILES string of the molecule is O=C(OC1C2CC3C1OC(=O)C3C2C(=O)Oc1ccc(S(=O)(=O)O)c(-c2ccccc2)c1)c1cc(I)cc(I)c1I. The summed E-state index contributed by atoms with van der Waals surface area (Å²) < 4.78 is 53.5. The van der Waals surface area contributed by atoms with Crippen LogP contribution in [0.4, 0.5) is 0 Å². The van der Waals surface area contributed by atoms with Crippen molar-refractivity contribution in [3.8, 4) is 16.9 Å². The van der Waals surface area contributed by atoms with E-state index in [4.69, 9.17) is 14.2 Å². The Kier molecular flexibility index (Phi) is 7.86. The molecular weight excluding hydrogens is 893 g/mol. The molecule has 3 aromatic rings. The van der Waals surface area contributed by atoms with Gasteiger partial charge in [0, 0.05) is 28.1 Å². The van der Waals surface area contributed by atoms with E-state index in [2.05, 4.69) is 67.8 Å². The number of rotatable bonds is 6. The number of carbonyl (C=O) groups excluding carboxylic acids is 3. The Hall–Kier alpha value is -1.83. The molecule has 6 unspecified atom stereocenters. The van der Waals surface area contributed by atoms with E-state index >= 15 is 0 Å². The van der Waals surface area contributed by atoms with Crippen molar-refractivity contribution in [2.75, 3.05) is 0 Å². The topological polar surface area (TPSA) is 133 Å². The molecule has 13 heteroatoms. The van der Waals surface area contributed by atoms with Gasteiger partial charge in [0.1, 0.15) is 22.9 Å². The number of hydrogen-bond donors (Lipinski definition) is 1. The maximum Gasteiger partial charge on any atom is 0.339 e. The number of fused-ring (bicyclic) bond motifs is 1. The van der Waals surface area contributed by atoms with Gasteiger partial charge in [-0.3, -0.25) is 14.1 Å². The van der Waals surface area contributed by atoms with E-state index in [9.17, 15) is 27.4 Å². The molecule has 0 aromatic heterocycles. The molecule has 1 heterocycles. The molecule has 0 spiro atoms. The molecule has 1 aliphatic heterocycles. The summed E-state index contributed by atoms with van der Waals surface area (Å²) >= 11 is 6.36. The molecule has 212 valence electrons. The van der Waals surface area contributed by atoms with Gasteiger partial charge in [-0.1, -0.05) is 30.3 Å². The van der Waals surface area contributed by atoms with E-state index in [1.54, 1.807) is 36.4 Å². The zero-order valence-corrected chi connectivity index (χ0v) is 28.0. The number of benzene rings is 3. The lowest BCUT2D eigenvalue weighted by Gasteiger charge is -2.30. The van der Waals surface area contributed by atoms with Crippen LogP contribution in [0.1, 0.15) is 16.8 Å². The fraction of sp³-hybridized carbons (Fsp3) is 0.250. The van der Waals surface area contributed by atoms with Crippen LogP contribution in [-0.2, 0) is 29.2 Å². The first-order chi connectivity index (χ1) is 19.4. The molecule has 6 rings (SSSR count). The van der Waals surface area contributed by atoms with E-state index in [1.165, 1.54) is 12.1 Å². The van der Waals surface area contributed by atoms with Crippen molar-refractivity contribution in [2.45, 2.75) is 23.5 Å². The van der Waals surface area contributed by atoms with Crippen LogP contribution in [0.5, 0.6) is 5.75 Å². The Morgan fingerprint density at radius 2 is 1.71 bits per heavy atom. The molecule has 1 saturated heterocycles. The average Bonchev–Trinajstić information content (AvgIpc) is 3.54. The average molecular weight is 912 g/mol. The van der Waals surface area contributed by atoms with Gasteiger partial charge in [0.2, 0.25) is 0 Å². The molecule has 3 fully saturated rings. The van der Waals surface area contributed by atoms with Gasteiger partial charge in [0.25, 0.3) is 10.1 Å². The van der Waals surface area contributed by atoms with E-state index in [0.717, 1.165) is 16.8 Å². The predicted octanol–water partition coefficient (Wildman–Crippen LogP) is 5.35. The monoisotopic (exact) mass is 912 g/mol. The number of carbonyl (C=O) groups is 3. The maximum atomic E-state index is 13.6. The Bertz CT molecular complexity index is 1710.